The van der Waals surface area contributed by atoms with Gasteiger partial charge in [0.05, 0.1) is 0 Å². The van der Waals surface area contributed by atoms with Gasteiger partial charge in [-0.05, 0) is 49.7 Å². The first-order chi connectivity index (χ1) is 11.7. The van der Waals surface area contributed by atoms with Gasteiger partial charge in [-0.2, -0.15) is 4.98 Å². The number of hydrogen-bond acceptors (Lipinski definition) is 4. The molecule has 1 heterocycles. The van der Waals surface area contributed by atoms with Crippen LogP contribution in [0.5, 0.6) is 0 Å². The number of rotatable bonds is 10. The van der Waals surface area contributed by atoms with E-state index in [1.54, 1.807) is 0 Å². The quantitative estimate of drug-likeness (QED) is 0.635. The molecule has 0 atom stereocenters. The number of hydrogen-bond donors (Lipinski definition) is 2. The van der Waals surface area contributed by atoms with E-state index in [1.807, 2.05) is 6.20 Å². The molecule has 1 aromatic heterocycles. The third-order valence-corrected chi connectivity index (χ3v) is 4.30. The lowest BCUT2D eigenvalue weighted by Crippen LogP contribution is -2.09. The van der Waals surface area contributed by atoms with Crippen LogP contribution in [0.3, 0.4) is 0 Å². The average Bonchev–Trinajstić information content (AvgIpc) is 2.61. The summed E-state index contributed by atoms with van der Waals surface area (Å²) in [4.78, 5) is 8.51. The molecule has 0 saturated heterocycles. The number of aryl methyl sites for hydroxylation is 3. The van der Waals surface area contributed by atoms with Gasteiger partial charge in [-0.25, -0.2) is 4.98 Å². The Labute approximate surface area is 145 Å². The highest BCUT2D eigenvalue weighted by molar-refractivity contribution is 5.46. The summed E-state index contributed by atoms with van der Waals surface area (Å²) in [5.74, 6) is 1.25. The van der Waals surface area contributed by atoms with Gasteiger partial charge in [0.25, 0.3) is 0 Å². The van der Waals surface area contributed by atoms with Gasteiger partial charge in [0.2, 0.25) is 5.95 Å². The van der Waals surface area contributed by atoms with Crippen LogP contribution in [0.4, 0.5) is 11.8 Å². The maximum atomic E-state index is 5.72. The molecule has 4 nitrogen and oxygen atoms in total. The molecule has 0 amide bonds. The summed E-state index contributed by atoms with van der Waals surface area (Å²) < 4.78 is 0. The second-order valence-electron chi connectivity index (χ2n) is 6.26. The van der Waals surface area contributed by atoms with Gasteiger partial charge in [0, 0.05) is 18.3 Å². The van der Waals surface area contributed by atoms with Crippen LogP contribution in [-0.2, 0) is 19.3 Å². The van der Waals surface area contributed by atoms with Gasteiger partial charge in [-0.1, -0.05) is 44.5 Å². The Balaban J connectivity index is 1.82. The SMILES string of the molecule is CCCCNc1nc(N)ncc1CCCCc1ccc(CC)cc1. The molecule has 0 aliphatic heterocycles. The third-order valence-electron chi connectivity index (χ3n) is 4.30. The fourth-order valence-corrected chi connectivity index (χ4v) is 2.73. The van der Waals surface area contributed by atoms with Crippen molar-refractivity contribution in [2.45, 2.75) is 58.8 Å². The van der Waals surface area contributed by atoms with E-state index in [9.17, 15) is 0 Å². The molecule has 0 fully saturated rings. The maximum Gasteiger partial charge on any atom is 0.221 e. The first-order valence-corrected chi connectivity index (χ1v) is 9.16. The predicted octanol–water partition coefficient (Wildman–Crippen LogP) is 4.40. The lowest BCUT2D eigenvalue weighted by atomic mass is 10.0. The van der Waals surface area contributed by atoms with Crippen molar-refractivity contribution in [2.75, 3.05) is 17.6 Å². The third kappa shape index (κ3) is 5.84. The van der Waals surface area contributed by atoms with Crippen molar-refractivity contribution in [3.63, 3.8) is 0 Å². The van der Waals surface area contributed by atoms with E-state index in [4.69, 9.17) is 5.73 Å². The number of nitrogens with one attached hydrogen (secondary N) is 1. The Kier molecular flexibility index (Phi) is 7.53. The van der Waals surface area contributed by atoms with Gasteiger partial charge in [0.1, 0.15) is 5.82 Å². The highest BCUT2D eigenvalue weighted by Gasteiger charge is 2.06. The summed E-state index contributed by atoms with van der Waals surface area (Å²) in [6, 6.07) is 8.98. The molecule has 2 aromatic rings. The van der Waals surface area contributed by atoms with E-state index in [0.29, 0.717) is 5.95 Å². The van der Waals surface area contributed by atoms with E-state index in [1.165, 1.54) is 29.5 Å². The number of nitrogen functional groups attached to an aromatic ring is 1. The van der Waals surface area contributed by atoms with Crippen LogP contribution in [0.1, 0.15) is 56.2 Å². The van der Waals surface area contributed by atoms with Crippen molar-refractivity contribution in [3.05, 3.63) is 47.2 Å². The number of anilines is 2. The molecule has 0 saturated carbocycles. The van der Waals surface area contributed by atoms with Crippen LogP contribution < -0.4 is 11.1 Å². The number of nitrogens with two attached hydrogens (primary N) is 1. The Bertz CT molecular complexity index is 608. The van der Waals surface area contributed by atoms with Gasteiger partial charge in [0.15, 0.2) is 0 Å². The van der Waals surface area contributed by atoms with E-state index < -0.39 is 0 Å². The topological polar surface area (TPSA) is 63.8 Å². The molecule has 130 valence electrons. The van der Waals surface area contributed by atoms with Crippen molar-refractivity contribution in [1.82, 2.24) is 9.97 Å². The van der Waals surface area contributed by atoms with Gasteiger partial charge >= 0.3 is 0 Å². The highest BCUT2D eigenvalue weighted by Crippen LogP contribution is 2.17. The molecular weight excluding hydrogens is 296 g/mol. The van der Waals surface area contributed by atoms with Crippen molar-refractivity contribution in [3.8, 4) is 0 Å². The number of benzene rings is 1. The maximum absolute atomic E-state index is 5.72. The molecule has 2 rings (SSSR count). The largest absolute Gasteiger partial charge is 0.370 e. The first-order valence-electron chi connectivity index (χ1n) is 9.16. The Morgan fingerprint density at radius 2 is 1.67 bits per heavy atom. The minimum Gasteiger partial charge on any atom is -0.370 e. The van der Waals surface area contributed by atoms with Crippen molar-refractivity contribution < 1.29 is 0 Å². The summed E-state index contributed by atoms with van der Waals surface area (Å²) in [6.07, 6.45) is 9.68. The summed E-state index contributed by atoms with van der Waals surface area (Å²) in [7, 11) is 0. The zero-order valence-corrected chi connectivity index (χ0v) is 15.0. The van der Waals surface area contributed by atoms with Crippen LogP contribution in [0.15, 0.2) is 30.5 Å². The second kappa shape index (κ2) is 9.91. The molecule has 0 aliphatic carbocycles. The smallest absolute Gasteiger partial charge is 0.221 e. The summed E-state index contributed by atoms with van der Waals surface area (Å²) >= 11 is 0. The molecule has 0 unspecified atom stereocenters. The Morgan fingerprint density at radius 1 is 0.958 bits per heavy atom. The minimum atomic E-state index is 0.341. The van der Waals surface area contributed by atoms with Gasteiger partial charge < -0.3 is 11.1 Å². The van der Waals surface area contributed by atoms with Crippen LogP contribution >= 0.6 is 0 Å². The summed E-state index contributed by atoms with van der Waals surface area (Å²) in [5, 5.41) is 3.40. The lowest BCUT2D eigenvalue weighted by molar-refractivity contribution is 0.730. The van der Waals surface area contributed by atoms with Crippen molar-refractivity contribution in [2.24, 2.45) is 0 Å². The van der Waals surface area contributed by atoms with E-state index in [0.717, 1.165) is 44.5 Å². The molecular formula is C20H30N4. The minimum absolute atomic E-state index is 0.341. The molecule has 0 aliphatic rings. The number of aromatic nitrogens is 2. The average molecular weight is 326 g/mol. The van der Waals surface area contributed by atoms with Crippen LogP contribution in [0.2, 0.25) is 0 Å². The van der Waals surface area contributed by atoms with Gasteiger partial charge in [-0.3, -0.25) is 0 Å². The predicted molar refractivity (Wildman–Crippen MR) is 102 cm³/mol. The zero-order valence-electron chi connectivity index (χ0n) is 15.0. The molecule has 4 heteroatoms. The standard InChI is InChI=1S/C20H30N4/c1-3-5-14-22-19-18(15-23-20(21)24-19)9-7-6-8-17-12-10-16(4-2)11-13-17/h10-13,15H,3-9,14H2,1-2H3,(H3,21,22,23,24). The van der Waals surface area contributed by atoms with E-state index in [-0.39, 0.29) is 0 Å². The molecule has 0 spiro atoms. The Morgan fingerprint density at radius 3 is 2.38 bits per heavy atom. The molecule has 1 aromatic carbocycles. The second-order valence-corrected chi connectivity index (χ2v) is 6.26. The van der Waals surface area contributed by atoms with E-state index in [2.05, 4.69) is 53.4 Å². The van der Waals surface area contributed by atoms with E-state index >= 15 is 0 Å². The summed E-state index contributed by atoms with van der Waals surface area (Å²) in [5.41, 5.74) is 9.71. The van der Waals surface area contributed by atoms with Crippen LogP contribution in [0, 0.1) is 0 Å². The van der Waals surface area contributed by atoms with Crippen LogP contribution in [-0.4, -0.2) is 16.5 Å². The normalized spacial score (nSPS) is 10.8. The molecule has 0 radical (unpaired) electrons. The number of nitrogens with zero attached hydrogens (tertiary/aromatic N) is 2. The number of unbranched alkanes of at least 4 members (excludes halogenated alkanes) is 2. The molecule has 24 heavy (non-hydrogen) atoms. The van der Waals surface area contributed by atoms with Crippen molar-refractivity contribution >= 4 is 11.8 Å². The lowest BCUT2D eigenvalue weighted by Gasteiger charge is -2.11. The monoisotopic (exact) mass is 326 g/mol. The highest BCUT2D eigenvalue weighted by atomic mass is 15.1. The summed E-state index contributed by atoms with van der Waals surface area (Å²) in [6.45, 7) is 5.31. The van der Waals surface area contributed by atoms with Crippen LogP contribution in [0.25, 0.3) is 0 Å². The molecule has 3 N–H and O–H groups in total. The fourth-order valence-electron chi connectivity index (χ4n) is 2.73. The molecule has 0 bridgehead atoms. The van der Waals surface area contributed by atoms with Crippen molar-refractivity contribution in [1.29, 1.82) is 0 Å². The Hall–Kier alpha value is -2.10. The first kappa shape index (κ1) is 18.2. The van der Waals surface area contributed by atoms with Gasteiger partial charge in [-0.15, -0.1) is 0 Å². The fraction of sp³-hybridized carbons (Fsp3) is 0.500. The zero-order chi connectivity index (χ0) is 17.2.